The van der Waals surface area contributed by atoms with Gasteiger partial charge in [-0.15, -0.1) is 13.2 Å². The van der Waals surface area contributed by atoms with Gasteiger partial charge in [-0.1, -0.05) is 12.1 Å². The van der Waals surface area contributed by atoms with Crippen molar-refractivity contribution in [3.8, 4) is 5.75 Å². The molecule has 27 heavy (non-hydrogen) atoms. The first-order valence-electron chi connectivity index (χ1n) is 8.47. The van der Waals surface area contributed by atoms with E-state index in [-0.39, 0.29) is 17.9 Å². The molecule has 1 aromatic heterocycles. The van der Waals surface area contributed by atoms with Gasteiger partial charge in [0.05, 0.1) is 5.69 Å². The number of carbonyl (C=O) groups is 1. The molecule has 1 N–H and O–H groups in total. The maximum absolute atomic E-state index is 12.3. The number of carbonyl (C=O) groups excluding carboxylic acids is 1. The van der Waals surface area contributed by atoms with Gasteiger partial charge in [0, 0.05) is 12.6 Å². The third-order valence-corrected chi connectivity index (χ3v) is 4.35. The predicted octanol–water partition coefficient (Wildman–Crippen LogP) is 2.51. The summed E-state index contributed by atoms with van der Waals surface area (Å²) < 4.78 is 41.4. The van der Waals surface area contributed by atoms with Crippen LogP contribution in [0.5, 0.6) is 5.75 Å². The van der Waals surface area contributed by atoms with Crippen LogP contribution >= 0.6 is 0 Å². The van der Waals surface area contributed by atoms with E-state index in [9.17, 15) is 22.8 Å². The van der Waals surface area contributed by atoms with Crippen molar-refractivity contribution in [3.05, 3.63) is 57.5 Å². The van der Waals surface area contributed by atoms with Gasteiger partial charge in [0.1, 0.15) is 11.8 Å². The van der Waals surface area contributed by atoms with Crippen LogP contribution in [-0.2, 0) is 24.2 Å². The number of rotatable bonds is 5. The van der Waals surface area contributed by atoms with E-state index < -0.39 is 18.3 Å². The number of halogens is 3. The fourth-order valence-electron chi connectivity index (χ4n) is 2.95. The number of fused-ring (bicyclic) bond motifs is 1. The van der Waals surface area contributed by atoms with Crippen LogP contribution in [0.2, 0.25) is 0 Å². The molecule has 1 amide bonds. The number of ether oxygens (including phenoxy) is 1. The molecule has 6 nitrogen and oxygen atoms in total. The van der Waals surface area contributed by atoms with Crippen LogP contribution in [0.1, 0.15) is 36.2 Å². The van der Waals surface area contributed by atoms with Crippen molar-refractivity contribution in [2.75, 3.05) is 0 Å². The lowest BCUT2D eigenvalue weighted by Crippen LogP contribution is -2.37. The van der Waals surface area contributed by atoms with E-state index in [4.69, 9.17) is 0 Å². The van der Waals surface area contributed by atoms with Crippen LogP contribution in [0.3, 0.4) is 0 Å². The Labute approximate surface area is 153 Å². The SMILES string of the molecule is CC(C(=O)NCc1ccc(OC(F)(F)F)cc1)n1nc2c(cc1=O)CCC2. The quantitative estimate of drug-likeness (QED) is 0.864. The normalized spacial score (nSPS) is 14.5. The van der Waals surface area contributed by atoms with Crippen LogP contribution in [0, 0.1) is 0 Å². The number of benzene rings is 1. The van der Waals surface area contributed by atoms with Crippen molar-refractivity contribution in [2.45, 2.75) is 45.1 Å². The molecule has 0 aliphatic heterocycles. The first-order valence-corrected chi connectivity index (χ1v) is 8.47. The second kappa shape index (κ2) is 7.42. The minimum absolute atomic E-state index is 0.106. The van der Waals surface area contributed by atoms with Crippen molar-refractivity contribution in [2.24, 2.45) is 0 Å². The number of nitrogens with one attached hydrogen (secondary N) is 1. The van der Waals surface area contributed by atoms with E-state index >= 15 is 0 Å². The first-order chi connectivity index (χ1) is 12.7. The van der Waals surface area contributed by atoms with Crippen molar-refractivity contribution in [3.63, 3.8) is 0 Å². The number of amides is 1. The lowest BCUT2D eigenvalue weighted by atomic mass is 10.2. The topological polar surface area (TPSA) is 73.2 Å². The molecule has 0 radical (unpaired) electrons. The zero-order valence-corrected chi connectivity index (χ0v) is 14.5. The number of nitrogens with zero attached hydrogens (tertiary/aromatic N) is 2. The van der Waals surface area contributed by atoms with Crippen molar-refractivity contribution >= 4 is 5.91 Å². The van der Waals surface area contributed by atoms with Crippen molar-refractivity contribution < 1.29 is 22.7 Å². The van der Waals surface area contributed by atoms with E-state index in [2.05, 4.69) is 15.2 Å². The number of alkyl halides is 3. The van der Waals surface area contributed by atoms with Gasteiger partial charge in [0.2, 0.25) is 5.91 Å². The number of aromatic nitrogens is 2. The molecule has 0 bridgehead atoms. The summed E-state index contributed by atoms with van der Waals surface area (Å²) >= 11 is 0. The van der Waals surface area contributed by atoms with Gasteiger partial charge in [0.15, 0.2) is 0 Å². The molecular weight excluding hydrogens is 363 g/mol. The standard InChI is InChI=1S/C18H18F3N3O3/c1-11(24-16(25)9-13-3-2-4-15(13)23-24)17(26)22-10-12-5-7-14(8-6-12)27-18(19,20)21/h5-9,11H,2-4,10H2,1H3,(H,22,26). The summed E-state index contributed by atoms with van der Waals surface area (Å²) in [6.07, 6.45) is -2.19. The zero-order chi connectivity index (χ0) is 19.6. The minimum Gasteiger partial charge on any atom is -0.406 e. The highest BCUT2D eigenvalue weighted by Gasteiger charge is 2.31. The highest BCUT2D eigenvalue weighted by Crippen LogP contribution is 2.22. The molecular formula is C18H18F3N3O3. The number of hydrogen-bond acceptors (Lipinski definition) is 4. The lowest BCUT2D eigenvalue weighted by molar-refractivity contribution is -0.274. The van der Waals surface area contributed by atoms with Crippen LogP contribution in [0.15, 0.2) is 35.1 Å². The molecule has 1 aliphatic rings. The number of aryl methyl sites for hydroxylation is 2. The number of hydrogen-bond donors (Lipinski definition) is 1. The maximum atomic E-state index is 12.3. The largest absolute Gasteiger partial charge is 0.573 e. The summed E-state index contributed by atoms with van der Waals surface area (Å²) in [7, 11) is 0. The summed E-state index contributed by atoms with van der Waals surface area (Å²) in [6, 6.07) is 5.92. The smallest absolute Gasteiger partial charge is 0.406 e. The summed E-state index contributed by atoms with van der Waals surface area (Å²) in [5, 5.41) is 6.95. The summed E-state index contributed by atoms with van der Waals surface area (Å²) in [4.78, 5) is 24.5. The third kappa shape index (κ3) is 4.66. The zero-order valence-electron chi connectivity index (χ0n) is 14.5. The van der Waals surface area contributed by atoms with Gasteiger partial charge >= 0.3 is 6.36 Å². The molecule has 2 aromatic rings. The average Bonchev–Trinajstić information content (AvgIpc) is 3.05. The van der Waals surface area contributed by atoms with Gasteiger partial charge < -0.3 is 10.1 Å². The van der Waals surface area contributed by atoms with Crippen LogP contribution in [-0.4, -0.2) is 22.1 Å². The Morgan fingerprint density at radius 3 is 2.67 bits per heavy atom. The predicted molar refractivity (Wildman–Crippen MR) is 90.2 cm³/mol. The molecule has 1 heterocycles. The Balaban J connectivity index is 1.61. The van der Waals surface area contributed by atoms with Gasteiger partial charge in [-0.2, -0.15) is 5.10 Å². The summed E-state index contributed by atoms with van der Waals surface area (Å²) in [5.41, 5.74) is 2.05. The average molecular weight is 381 g/mol. The van der Waals surface area contributed by atoms with E-state index in [0.717, 1.165) is 30.5 Å². The molecule has 9 heteroatoms. The molecule has 1 aliphatic carbocycles. The van der Waals surface area contributed by atoms with Crippen molar-refractivity contribution in [1.29, 1.82) is 0 Å². The Bertz CT molecular complexity index is 891. The van der Waals surface area contributed by atoms with E-state index in [1.165, 1.54) is 35.0 Å². The summed E-state index contributed by atoms with van der Waals surface area (Å²) in [5.74, 6) is -0.738. The van der Waals surface area contributed by atoms with Gasteiger partial charge in [-0.05, 0) is 49.4 Å². The fourth-order valence-corrected chi connectivity index (χ4v) is 2.95. The Hall–Kier alpha value is -2.84. The lowest BCUT2D eigenvalue weighted by Gasteiger charge is -2.15. The monoisotopic (exact) mass is 381 g/mol. The molecule has 1 aromatic carbocycles. The van der Waals surface area contributed by atoms with Crippen LogP contribution < -0.4 is 15.6 Å². The molecule has 1 atom stereocenters. The van der Waals surface area contributed by atoms with E-state index in [0.29, 0.717) is 5.56 Å². The highest BCUT2D eigenvalue weighted by atomic mass is 19.4. The molecule has 0 spiro atoms. The van der Waals surface area contributed by atoms with E-state index in [1.807, 2.05) is 0 Å². The van der Waals surface area contributed by atoms with Gasteiger partial charge in [0.25, 0.3) is 5.56 Å². The Morgan fingerprint density at radius 2 is 2.00 bits per heavy atom. The maximum Gasteiger partial charge on any atom is 0.573 e. The van der Waals surface area contributed by atoms with Gasteiger partial charge in [-0.25, -0.2) is 4.68 Å². The second-order valence-electron chi connectivity index (χ2n) is 6.34. The molecule has 0 fully saturated rings. The molecule has 0 saturated carbocycles. The highest BCUT2D eigenvalue weighted by molar-refractivity contribution is 5.79. The molecule has 144 valence electrons. The van der Waals surface area contributed by atoms with Crippen LogP contribution in [0.4, 0.5) is 13.2 Å². The molecule has 1 unspecified atom stereocenters. The second-order valence-corrected chi connectivity index (χ2v) is 6.34. The Kier molecular flexibility index (Phi) is 5.20. The minimum atomic E-state index is -4.75. The fraction of sp³-hybridized carbons (Fsp3) is 0.389. The molecule has 0 saturated heterocycles. The van der Waals surface area contributed by atoms with E-state index in [1.54, 1.807) is 6.92 Å². The summed E-state index contributed by atoms with van der Waals surface area (Å²) in [6.45, 7) is 1.68. The molecule has 3 rings (SSSR count). The van der Waals surface area contributed by atoms with Gasteiger partial charge in [-0.3, -0.25) is 9.59 Å². The van der Waals surface area contributed by atoms with Crippen molar-refractivity contribution in [1.82, 2.24) is 15.1 Å². The Morgan fingerprint density at radius 1 is 1.30 bits per heavy atom. The third-order valence-electron chi connectivity index (χ3n) is 4.35. The first kappa shape index (κ1) is 18.9. The van der Waals surface area contributed by atoms with Crippen LogP contribution in [0.25, 0.3) is 0 Å².